The van der Waals surface area contributed by atoms with Crippen molar-refractivity contribution in [2.24, 2.45) is 5.73 Å². The number of pyridine rings is 2. The number of nitrogens with zero attached hydrogens (tertiary/aromatic N) is 3. The summed E-state index contributed by atoms with van der Waals surface area (Å²) >= 11 is 0. The molecular weight excluding hydrogens is 250 g/mol. The van der Waals surface area contributed by atoms with Crippen molar-refractivity contribution in [3.05, 3.63) is 53.5 Å². The van der Waals surface area contributed by atoms with Crippen LogP contribution in [0, 0.1) is 12.3 Å². The predicted octanol–water partition coefficient (Wildman–Crippen LogP) is 2.10. The van der Waals surface area contributed by atoms with Gasteiger partial charge in [0.2, 0.25) is 0 Å². The van der Waals surface area contributed by atoms with E-state index < -0.39 is 0 Å². The summed E-state index contributed by atoms with van der Waals surface area (Å²) in [6.07, 6.45) is 1.79. The highest BCUT2D eigenvalue weighted by atomic mass is 15.2. The molecule has 0 aliphatic carbocycles. The molecule has 0 radical (unpaired) electrons. The van der Waals surface area contributed by atoms with Crippen LogP contribution in [0.3, 0.4) is 0 Å². The summed E-state index contributed by atoms with van der Waals surface area (Å²) in [4.78, 5) is 11.0. The molecule has 2 heterocycles. The van der Waals surface area contributed by atoms with E-state index in [1.165, 1.54) is 0 Å². The smallest absolute Gasteiger partial charge is 0.129 e. The van der Waals surface area contributed by atoms with Gasteiger partial charge in [-0.1, -0.05) is 6.07 Å². The van der Waals surface area contributed by atoms with Crippen LogP contribution < -0.4 is 10.6 Å². The molecule has 0 aliphatic rings. The fraction of sp³-hybridized carbons (Fsp3) is 0.267. The van der Waals surface area contributed by atoms with Gasteiger partial charge in [0.1, 0.15) is 11.7 Å². The minimum atomic E-state index is 0.0608. The molecule has 0 spiro atoms. The van der Waals surface area contributed by atoms with Crippen LogP contribution in [0.4, 0.5) is 5.82 Å². The number of hydrogen-bond donors (Lipinski definition) is 2. The standard InChI is InChI=1S/C15H19N5/c1-3-20(10-13-6-4-5-7-18-13)14-9-12(15(16)17)8-11(2)19-14/h4-9H,3,10H2,1-2H3,(H3,16,17). The number of hydrogen-bond acceptors (Lipinski definition) is 4. The van der Waals surface area contributed by atoms with Crippen molar-refractivity contribution in [3.8, 4) is 0 Å². The maximum Gasteiger partial charge on any atom is 0.129 e. The van der Waals surface area contributed by atoms with Crippen molar-refractivity contribution >= 4 is 11.7 Å². The van der Waals surface area contributed by atoms with Gasteiger partial charge < -0.3 is 10.6 Å². The number of nitrogens with one attached hydrogen (secondary N) is 1. The number of nitrogens with two attached hydrogens (primary N) is 1. The lowest BCUT2D eigenvalue weighted by Gasteiger charge is -2.22. The predicted molar refractivity (Wildman–Crippen MR) is 81.0 cm³/mol. The van der Waals surface area contributed by atoms with Crippen LogP contribution in [0.5, 0.6) is 0 Å². The Morgan fingerprint density at radius 1 is 1.35 bits per heavy atom. The van der Waals surface area contributed by atoms with Crippen molar-refractivity contribution in [1.82, 2.24) is 9.97 Å². The lowest BCUT2D eigenvalue weighted by Crippen LogP contribution is -2.24. The van der Waals surface area contributed by atoms with E-state index >= 15 is 0 Å². The van der Waals surface area contributed by atoms with Crippen LogP contribution in [0.25, 0.3) is 0 Å². The first-order valence-corrected chi connectivity index (χ1v) is 6.58. The Hall–Kier alpha value is -2.43. The van der Waals surface area contributed by atoms with Gasteiger partial charge in [-0.15, -0.1) is 0 Å². The highest BCUT2D eigenvalue weighted by Crippen LogP contribution is 2.16. The van der Waals surface area contributed by atoms with Crippen molar-refractivity contribution in [3.63, 3.8) is 0 Å². The number of nitrogen functional groups attached to an aromatic ring is 1. The third-order valence-corrected chi connectivity index (χ3v) is 3.04. The first-order chi connectivity index (χ1) is 9.60. The van der Waals surface area contributed by atoms with Crippen LogP contribution in [0.15, 0.2) is 36.5 Å². The Morgan fingerprint density at radius 3 is 2.75 bits per heavy atom. The van der Waals surface area contributed by atoms with Crippen LogP contribution in [0.2, 0.25) is 0 Å². The Kier molecular flexibility index (Phi) is 4.30. The molecule has 2 aromatic heterocycles. The summed E-state index contributed by atoms with van der Waals surface area (Å²) in [7, 11) is 0. The van der Waals surface area contributed by atoms with E-state index in [1.54, 1.807) is 6.20 Å². The molecule has 0 atom stereocenters. The van der Waals surface area contributed by atoms with Gasteiger partial charge in [0.25, 0.3) is 0 Å². The van der Waals surface area contributed by atoms with Gasteiger partial charge in [-0.25, -0.2) is 4.98 Å². The SMILES string of the molecule is CCN(Cc1ccccn1)c1cc(C(=N)N)cc(C)n1. The van der Waals surface area contributed by atoms with Crippen molar-refractivity contribution in [2.45, 2.75) is 20.4 Å². The molecule has 5 heteroatoms. The largest absolute Gasteiger partial charge is 0.384 e. The zero-order valence-electron chi connectivity index (χ0n) is 11.8. The van der Waals surface area contributed by atoms with Gasteiger partial charge in [-0.2, -0.15) is 0 Å². The molecule has 0 saturated carbocycles. The lowest BCUT2D eigenvalue weighted by molar-refractivity contribution is 0.791. The number of amidine groups is 1. The van der Waals surface area contributed by atoms with Crippen LogP contribution in [0.1, 0.15) is 23.9 Å². The average molecular weight is 269 g/mol. The maximum atomic E-state index is 7.57. The molecule has 5 nitrogen and oxygen atoms in total. The summed E-state index contributed by atoms with van der Waals surface area (Å²) < 4.78 is 0. The molecule has 0 saturated heterocycles. The summed E-state index contributed by atoms with van der Waals surface area (Å²) in [6, 6.07) is 9.53. The second kappa shape index (κ2) is 6.14. The molecular formula is C15H19N5. The number of anilines is 1. The Labute approximate surface area is 119 Å². The molecule has 2 aromatic rings. The van der Waals surface area contributed by atoms with Crippen molar-refractivity contribution < 1.29 is 0 Å². The molecule has 0 aromatic carbocycles. The van der Waals surface area contributed by atoms with Crippen LogP contribution in [-0.4, -0.2) is 22.3 Å². The van der Waals surface area contributed by atoms with E-state index in [9.17, 15) is 0 Å². The third-order valence-electron chi connectivity index (χ3n) is 3.04. The Bertz CT molecular complexity index is 594. The molecule has 0 bridgehead atoms. The van der Waals surface area contributed by atoms with E-state index in [4.69, 9.17) is 11.1 Å². The maximum absolute atomic E-state index is 7.57. The molecule has 0 fully saturated rings. The summed E-state index contributed by atoms with van der Waals surface area (Å²) in [6.45, 7) is 5.47. The normalized spacial score (nSPS) is 10.3. The quantitative estimate of drug-likeness (QED) is 0.643. The van der Waals surface area contributed by atoms with Gasteiger partial charge in [0, 0.05) is 24.0 Å². The molecule has 0 aliphatic heterocycles. The van der Waals surface area contributed by atoms with Gasteiger partial charge in [-0.05, 0) is 38.1 Å². The fourth-order valence-corrected chi connectivity index (χ4v) is 2.01. The number of rotatable bonds is 5. The van der Waals surface area contributed by atoms with E-state index in [-0.39, 0.29) is 5.84 Å². The highest BCUT2D eigenvalue weighted by Gasteiger charge is 2.10. The highest BCUT2D eigenvalue weighted by molar-refractivity contribution is 5.95. The second-order valence-electron chi connectivity index (χ2n) is 4.60. The van der Waals surface area contributed by atoms with Gasteiger partial charge in [-0.3, -0.25) is 10.4 Å². The molecule has 2 rings (SSSR count). The summed E-state index contributed by atoms with van der Waals surface area (Å²) in [5, 5.41) is 7.57. The fourth-order valence-electron chi connectivity index (χ4n) is 2.01. The van der Waals surface area contributed by atoms with E-state index in [2.05, 4.69) is 21.8 Å². The first kappa shape index (κ1) is 14.0. The lowest BCUT2D eigenvalue weighted by atomic mass is 10.2. The minimum absolute atomic E-state index is 0.0608. The Balaban J connectivity index is 2.29. The summed E-state index contributed by atoms with van der Waals surface area (Å²) in [5.74, 6) is 0.883. The number of aromatic nitrogens is 2. The second-order valence-corrected chi connectivity index (χ2v) is 4.60. The molecule has 0 amide bonds. The van der Waals surface area contributed by atoms with Crippen molar-refractivity contribution in [1.29, 1.82) is 5.41 Å². The van der Waals surface area contributed by atoms with Crippen LogP contribution in [-0.2, 0) is 6.54 Å². The topological polar surface area (TPSA) is 78.9 Å². The molecule has 0 unspecified atom stereocenters. The van der Waals surface area contributed by atoms with E-state index in [0.29, 0.717) is 12.1 Å². The summed E-state index contributed by atoms with van der Waals surface area (Å²) in [5.41, 5.74) is 8.11. The first-order valence-electron chi connectivity index (χ1n) is 6.58. The molecule has 104 valence electrons. The minimum Gasteiger partial charge on any atom is -0.384 e. The van der Waals surface area contributed by atoms with Gasteiger partial charge >= 0.3 is 0 Å². The number of aryl methyl sites for hydroxylation is 1. The monoisotopic (exact) mass is 269 g/mol. The average Bonchev–Trinajstić information content (AvgIpc) is 2.45. The van der Waals surface area contributed by atoms with Gasteiger partial charge in [0.05, 0.1) is 12.2 Å². The van der Waals surface area contributed by atoms with E-state index in [1.807, 2.05) is 37.3 Å². The molecule has 3 N–H and O–H groups in total. The van der Waals surface area contributed by atoms with E-state index in [0.717, 1.165) is 23.8 Å². The third kappa shape index (κ3) is 3.32. The zero-order valence-corrected chi connectivity index (χ0v) is 11.8. The Morgan fingerprint density at radius 2 is 2.15 bits per heavy atom. The van der Waals surface area contributed by atoms with Crippen LogP contribution >= 0.6 is 0 Å². The molecule has 20 heavy (non-hydrogen) atoms. The van der Waals surface area contributed by atoms with Crippen molar-refractivity contribution in [2.75, 3.05) is 11.4 Å². The van der Waals surface area contributed by atoms with Gasteiger partial charge in [0.15, 0.2) is 0 Å². The zero-order chi connectivity index (χ0) is 14.5.